The number of hydrogen-bond donors (Lipinski definition) is 2. The number of rotatable bonds is 6. The number of amides is 2. The lowest BCUT2D eigenvalue weighted by Gasteiger charge is -2.23. The summed E-state index contributed by atoms with van der Waals surface area (Å²) in [6, 6.07) is 14.6. The zero-order valence-electron chi connectivity index (χ0n) is 17.4. The Kier molecular flexibility index (Phi) is 7.80. The highest BCUT2D eigenvalue weighted by atomic mass is 16.6. The van der Waals surface area contributed by atoms with E-state index in [1.54, 1.807) is 45.0 Å². The predicted molar refractivity (Wildman–Crippen MR) is 111 cm³/mol. The number of benzene rings is 2. The molecule has 1 atom stereocenters. The molecule has 0 unspecified atom stereocenters. The third kappa shape index (κ3) is 7.46. The van der Waals surface area contributed by atoms with Crippen molar-refractivity contribution in [2.75, 3.05) is 12.4 Å². The van der Waals surface area contributed by atoms with Crippen LogP contribution >= 0.6 is 0 Å². The summed E-state index contributed by atoms with van der Waals surface area (Å²) in [7, 11) is 1.22. The van der Waals surface area contributed by atoms with Gasteiger partial charge in [-0.05, 0) is 44.0 Å². The fourth-order valence-electron chi connectivity index (χ4n) is 2.49. The van der Waals surface area contributed by atoms with Gasteiger partial charge in [0.05, 0.1) is 7.11 Å². The van der Waals surface area contributed by atoms with E-state index in [1.807, 2.05) is 30.3 Å². The van der Waals surface area contributed by atoms with Crippen LogP contribution in [0.4, 0.5) is 15.3 Å². The predicted octanol–water partition coefficient (Wildman–Crippen LogP) is 4.17. The second-order valence-corrected chi connectivity index (χ2v) is 7.41. The van der Waals surface area contributed by atoms with Gasteiger partial charge in [-0.25, -0.2) is 14.4 Å². The number of carbonyl (C=O) groups excluding carboxylic acids is 3. The molecule has 2 aromatic rings. The molecule has 8 heteroatoms. The zero-order valence-corrected chi connectivity index (χ0v) is 17.4. The summed E-state index contributed by atoms with van der Waals surface area (Å²) < 4.78 is 15.2. The average Bonchev–Trinajstić information content (AvgIpc) is 2.69. The van der Waals surface area contributed by atoms with Gasteiger partial charge in [-0.15, -0.1) is 0 Å². The molecule has 0 bridgehead atoms. The Labute approximate surface area is 175 Å². The average molecular weight is 414 g/mol. The lowest BCUT2D eigenvalue weighted by molar-refractivity contribution is -0.143. The quantitative estimate of drug-likeness (QED) is 0.543. The van der Waals surface area contributed by atoms with Gasteiger partial charge in [-0.3, -0.25) is 5.32 Å². The van der Waals surface area contributed by atoms with Crippen LogP contribution in [-0.4, -0.2) is 30.9 Å². The number of hydrogen-bond acceptors (Lipinski definition) is 6. The number of esters is 1. The van der Waals surface area contributed by atoms with E-state index in [0.29, 0.717) is 11.3 Å². The zero-order chi connectivity index (χ0) is 22.1. The van der Waals surface area contributed by atoms with E-state index < -0.39 is 29.8 Å². The van der Waals surface area contributed by atoms with Crippen molar-refractivity contribution < 1.29 is 28.6 Å². The van der Waals surface area contributed by atoms with Crippen LogP contribution in [0.25, 0.3) is 0 Å². The van der Waals surface area contributed by atoms with Crippen LogP contribution in [0.5, 0.6) is 0 Å². The van der Waals surface area contributed by atoms with Crippen molar-refractivity contribution in [3.8, 4) is 0 Å². The van der Waals surface area contributed by atoms with E-state index in [0.717, 1.165) is 5.56 Å². The smallest absolute Gasteiger partial charge is 0.411 e. The third-order valence-corrected chi connectivity index (χ3v) is 3.78. The number of anilines is 1. The van der Waals surface area contributed by atoms with Gasteiger partial charge in [0.15, 0.2) is 6.04 Å². The molecule has 160 valence electrons. The lowest BCUT2D eigenvalue weighted by Crippen LogP contribution is -2.38. The Hall–Kier alpha value is -3.55. The van der Waals surface area contributed by atoms with Gasteiger partial charge in [0, 0.05) is 5.69 Å². The molecule has 2 amide bonds. The number of carbonyl (C=O) groups is 3. The first-order chi connectivity index (χ1) is 14.2. The Bertz CT molecular complexity index is 877. The van der Waals surface area contributed by atoms with E-state index >= 15 is 0 Å². The summed E-state index contributed by atoms with van der Waals surface area (Å²) >= 11 is 0. The highest BCUT2D eigenvalue weighted by molar-refractivity contribution is 5.86. The van der Waals surface area contributed by atoms with Gasteiger partial charge in [0.25, 0.3) is 0 Å². The van der Waals surface area contributed by atoms with Crippen LogP contribution in [0.1, 0.15) is 37.9 Å². The van der Waals surface area contributed by atoms with Crippen LogP contribution in [-0.2, 0) is 25.6 Å². The van der Waals surface area contributed by atoms with Gasteiger partial charge in [-0.1, -0.05) is 42.5 Å². The minimum atomic E-state index is -1.10. The molecule has 0 aliphatic rings. The molecular weight excluding hydrogens is 388 g/mol. The van der Waals surface area contributed by atoms with Crippen LogP contribution in [0, 0.1) is 0 Å². The molecule has 0 aliphatic carbocycles. The number of nitrogens with one attached hydrogen (secondary N) is 2. The van der Waals surface area contributed by atoms with E-state index in [9.17, 15) is 14.4 Å². The summed E-state index contributed by atoms with van der Waals surface area (Å²) in [5.74, 6) is -0.676. The summed E-state index contributed by atoms with van der Waals surface area (Å²) in [5, 5.41) is 5.09. The van der Waals surface area contributed by atoms with Crippen molar-refractivity contribution in [3.63, 3.8) is 0 Å². The molecule has 2 aromatic carbocycles. The molecule has 0 radical (unpaired) electrons. The monoisotopic (exact) mass is 414 g/mol. The topological polar surface area (TPSA) is 103 Å². The van der Waals surface area contributed by atoms with Crippen molar-refractivity contribution in [3.05, 3.63) is 65.7 Å². The van der Waals surface area contributed by atoms with Crippen LogP contribution in [0.15, 0.2) is 54.6 Å². The van der Waals surface area contributed by atoms with Crippen molar-refractivity contribution in [2.24, 2.45) is 0 Å². The van der Waals surface area contributed by atoms with Gasteiger partial charge in [-0.2, -0.15) is 0 Å². The Morgan fingerprint density at radius 3 is 2.30 bits per heavy atom. The fourth-order valence-corrected chi connectivity index (χ4v) is 2.49. The maximum atomic E-state index is 12.2. The molecule has 2 N–H and O–H groups in total. The molecule has 0 spiro atoms. The van der Waals surface area contributed by atoms with Crippen molar-refractivity contribution >= 4 is 23.8 Å². The summed E-state index contributed by atoms with van der Waals surface area (Å²) in [6.07, 6.45) is -1.41. The van der Waals surface area contributed by atoms with Crippen LogP contribution in [0.3, 0.4) is 0 Å². The van der Waals surface area contributed by atoms with Crippen LogP contribution < -0.4 is 10.6 Å². The van der Waals surface area contributed by atoms with Crippen LogP contribution in [0.2, 0.25) is 0 Å². The lowest BCUT2D eigenvalue weighted by atomic mass is 10.1. The minimum absolute atomic E-state index is 0.122. The summed E-state index contributed by atoms with van der Waals surface area (Å²) in [5.41, 5.74) is 0.934. The largest absolute Gasteiger partial charge is 0.467 e. The highest BCUT2D eigenvalue weighted by Gasteiger charge is 2.26. The first kappa shape index (κ1) is 22.7. The second-order valence-electron chi connectivity index (χ2n) is 7.41. The fraction of sp³-hybridized carbons (Fsp3) is 0.318. The second kappa shape index (κ2) is 10.3. The molecule has 8 nitrogen and oxygen atoms in total. The van der Waals surface area contributed by atoms with E-state index in [4.69, 9.17) is 14.2 Å². The first-order valence-electron chi connectivity index (χ1n) is 9.33. The third-order valence-electron chi connectivity index (χ3n) is 3.78. The van der Waals surface area contributed by atoms with E-state index in [2.05, 4.69) is 10.6 Å². The maximum absolute atomic E-state index is 12.2. The Morgan fingerprint density at radius 1 is 0.967 bits per heavy atom. The normalized spacial score (nSPS) is 11.7. The van der Waals surface area contributed by atoms with E-state index in [1.165, 1.54) is 7.11 Å². The highest BCUT2D eigenvalue weighted by Crippen LogP contribution is 2.20. The molecule has 0 aromatic heterocycles. The number of alkyl carbamates (subject to hydrolysis) is 1. The van der Waals surface area contributed by atoms with Gasteiger partial charge in [0.1, 0.15) is 12.2 Å². The standard InChI is InChI=1S/C22H26N2O6/c1-22(2,3)30-21(27)24-18(19(25)28-4)16-11-8-12-17(13-16)23-20(26)29-14-15-9-6-5-7-10-15/h5-13,18H,14H2,1-4H3,(H,23,26)(H,24,27)/t18-/m0/s1. The van der Waals surface area contributed by atoms with Gasteiger partial charge in [0.2, 0.25) is 0 Å². The molecule has 0 fully saturated rings. The van der Waals surface area contributed by atoms with Gasteiger partial charge < -0.3 is 19.5 Å². The number of methoxy groups -OCH3 is 1. The summed E-state index contributed by atoms with van der Waals surface area (Å²) in [4.78, 5) is 36.4. The Morgan fingerprint density at radius 2 is 1.67 bits per heavy atom. The Balaban J connectivity index is 2.06. The van der Waals surface area contributed by atoms with Crippen molar-refractivity contribution in [2.45, 2.75) is 39.0 Å². The molecule has 2 rings (SSSR count). The van der Waals surface area contributed by atoms with E-state index in [-0.39, 0.29) is 6.61 Å². The van der Waals surface area contributed by atoms with Crippen molar-refractivity contribution in [1.82, 2.24) is 5.32 Å². The molecule has 0 saturated heterocycles. The SMILES string of the molecule is COC(=O)[C@@H](NC(=O)OC(C)(C)C)c1cccc(NC(=O)OCc2ccccc2)c1. The first-order valence-corrected chi connectivity index (χ1v) is 9.33. The summed E-state index contributed by atoms with van der Waals surface area (Å²) in [6.45, 7) is 5.26. The van der Waals surface area contributed by atoms with Crippen molar-refractivity contribution in [1.29, 1.82) is 0 Å². The molecule has 0 saturated carbocycles. The molecule has 0 heterocycles. The molecule has 0 aliphatic heterocycles. The van der Waals surface area contributed by atoms with Gasteiger partial charge >= 0.3 is 18.2 Å². The minimum Gasteiger partial charge on any atom is -0.467 e. The molecule has 30 heavy (non-hydrogen) atoms. The molecular formula is C22H26N2O6. The number of ether oxygens (including phenoxy) is 3. The maximum Gasteiger partial charge on any atom is 0.411 e.